The summed E-state index contributed by atoms with van der Waals surface area (Å²) in [4.78, 5) is 11.5. The third kappa shape index (κ3) is 4.01. The molecule has 0 atom stereocenters. The lowest BCUT2D eigenvalue weighted by Gasteiger charge is -2.19. The maximum Gasteiger partial charge on any atom is 0.323 e. The molecule has 1 rings (SSSR count). The second kappa shape index (κ2) is 5.98. The van der Waals surface area contributed by atoms with E-state index in [0.29, 0.717) is 0 Å². The van der Waals surface area contributed by atoms with Gasteiger partial charge in [0.2, 0.25) is 0 Å². The Hall–Kier alpha value is -1.98. The third-order valence-corrected chi connectivity index (χ3v) is 2.89. The highest BCUT2D eigenvalue weighted by molar-refractivity contribution is 5.90. The van der Waals surface area contributed by atoms with Crippen molar-refractivity contribution in [2.24, 2.45) is 5.41 Å². The lowest BCUT2D eigenvalue weighted by atomic mass is 9.88. The summed E-state index contributed by atoms with van der Waals surface area (Å²) in [6, 6.07) is 0.955. The van der Waals surface area contributed by atoms with Crippen molar-refractivity contribution < 1.29 is 18.0 Å². The van der Waals surface area contributed by atoms with Crippen molar-refractivity contribution in [1.29, 1.82) is 0 Å². The monoisotopic (exact) mass is 286 g/mol. The zero-order chi connectivity index (χ0) is 15.5. The van der Waals surface area contributed by atoms with Gasteiger partial charge in [0.05, 0.1) is 5.69 Å². The van der Waals surface area contributed by atoms with E-state index in [4.69, 9.17) is 0 Å². The minimum absolute atomic E-state index is 0.124. The molecule has 2 amide bonds. The van der Waals surface area contributed by atoms with Crippen molar-refractivity contribution in [1.82, 2.24) is 5.32 Å². The first-order valence-electron chi connectivity index (χ1n) is 6.01. The Bertz CT molecular complexity index is 548. The van der Waals surface area contributed by atoms with Crippen molar-refractivity contribution >= 4 is 11.7 Å². The van der Waals surface area contributed by atoms with Crippen LogP contribution in [0.3, 0.4) is 0 Å². The molecule has 1 aromatic carbocycles. The molecule has 0 radical (unpaired) electrons. The number of hydrogen-bond donors (Lipinski definition) is 2. The zero-order valence-corrected chi connectivity index (χ0v) is 11.8. The second-order valence-electron chi connectivity index (χ2n) is 5.40. The number of nitrogens with one attached hydrogen (secondary N) is 2. The molecule has 0 aliphatic rings. The topological polar surface area (TPSA) is 41.1 Å². The number of benzene rings is 1. The highest BCUT2D eigenvalue weighted by atomic mass is 19.2. The van der Waals surface area contributed by atoms with Crippen LogP contribution in [0.1, 0.15) is 27.7 Å². The summed E-state index contributed by atoms with van der Waals surface area (Å²) < 4.78 is 39.0. The van der Waals surface area contributed by atoms with E-state index < -0.39 is 29.2 Å². The molecule has 0 spiro atoms. The fourth-order valence-corrected chi connectivity index (χ4v) is 1.17. The number of amides is 2. The van der Waals surface area contributed by atoms with Crippen molar-refractivity contribution in [3.05, 3.63) is 41.4 Å². The van der Waals surface area contributed by atoms with Crippen molar-refractivity contribution in [2.75, 3.05) is 5.32 Å². The average Bonchev–Trinajstić information content (AvgIpc) is 2.35. The van der Waals surface area contributed by atoms with Crippen molar-refractivity contribution in [3.8, 4) is 0 Å². The molecule has 0 saturated heterocycles. The number of anilines is 1. The van der Waals surface area contributed by atoms with Crippen LogP contribution in [0.15, 0.2) is 23.9 Å². The number of urea groups is 1. The summed E-state index contributed by atoms with van der Waals surface area (Å²) in [7, 11) is 0. The Morgan fingerprint density at radius 1 is 1.15 bits per heavy atom. The fraction of sp³-hybridized carbons (Fsp3) is 0.357. The van der Waals surface area contributed by atoms with Crippen LogP contribution in [0.25, 0.3) is 0 Å². The standard InChI is InChI=1S/C14H17F3N2O/c1-8(14(2,3)4)7-18-13(20)19-10-6-5-9(15)11(16)12(10)17/h5-7H,1-4H3,(H2,18,19,20)/b8-7+. The Morgan fingerprint density at radius 2 is 1.75 bits per heavy atom. The predicted molar refractivity (Wildman–Crippen MR) is 71.7 cm³/mol. The minimum Gasteiger partial charge on any atom is -0.314 e. The molecule has 2 N–H and O–H groups in total. The van der Waals surface area contributed by atoms with E-state index in [-0.39, 0.29) is 5.41 Å². The summed E-state index contributed by atoms with van der Waals surface area (Å²) >= 11 is 0. The van der Waals surface area contributed by atoms with Gasteiger partial charge in [0, 0.05) is 6.20 Å². The maximum atomic E-state index is 13.3. The van der Waals surface area contributed by atoms with Gasteiger partial charge >= 0.3 is 6.03 Å². The van der Waals surface area contributed by atoms with E-state index in [1.165, 1.54) is 6.20 Å². The first-order chi connectivity index (χ1) is 9.12. The molecule has 0 aliphatic carbocycles. The van der Waals surface area contributed by atoms with Crippen LogP contribution in [0.4, 0.5) is 23.7 Å². The molecule has 110 valence electrons. The molecule has 0 saturated carbocycles. The molecule has 0 bridgehead atoms. The van der Waals surface area contributed by atoms with Gasteiger partial charge in [-0.05, 0) is 24.5 Å². The van der Waals surface area contributed by atoms with Gasteiger partial charge in [0.15, 0.2) is 17.5 Å². The largest absolute Gasteiger partial charge is 0.323 e. The van der Waals surface area contributed by atoms with Crippen LogP contribution >= 0.6 is 0 Å². The summed E-state index contributed by atoms with van der Waals surface area (Å²) in [6.07, 6.45) is 1.48. The Kier molecular flexibility index (Phi) is 4.81. The predicted octanol–water partition coefficient (Wildman–Crippen LogP) is 4.18. The fourth-order valence-electron chi connectivity index (χ4n) is 1.17. The zero-order valence-electron chi connectivity index (χ0n) is 11.8. The summed E-state index contributed by atoms with van der Waals surface area (Å²) in [5.74, 6) is -4.36. The molecule has 6 heteroatoms. The highest BCUT2D eigenvalue weighted by Crippen LogP contribution is 2.23. The van der Waals surface area contributed by atoms with E-state index in [9.17, 15) is 18.0 Å². The summed E-state index contributed by atoms with van der Waals surface area (Å²) in [5, 5.41) is 4.51. The van der Waals surface area contributed by atoms with Gasteiger partial charge in [-0.3, -0.25) is 0 Å². The average molecular weight is 286 g/mol. The smallest absolute Gasteiger partial charge is 0.314 e. The van der Waals surface area contributed by atoms with Crippen molar-refractivity contribution in [2.45, 2.75) is 27.7 Å². The highest BCUT2D eigenvalue weighted by Gasteiger charge is 2.15. The second-order valence-corrected chi connectivity index (χ2v) is 5.40. The van der Waals surface area contributed by atoms with Crippen molar-refractivity contribution in [3.63, 3.8) is 0 Å². The first-order valence-corrected chi connectivity index (χ1v) is 6.01. The van der Waals surface area contributed by atoms with Crippen LogP contribution in [0.2, 0.25) is 0 Å². The molecule has 0 aliphatic heterocycles. The SMILES string of the molecule is C/C(=C\NC(=O)Nc1ccc(F)c(F)c1F)C(C)(C)C. The van der Waals surface area contributed by atoms with E-state index in [1.807, 2.05) is 27.7 Å². The third-order valence-electron chi connectivity index (χ3n) is 2.89. The lowest BCUT2D eigenvalue weighted by Crippen LogP contribution is -2.26. The number of hydrogen-bond acceptors (Lipinski definition) is 1. The molecule has 3 nitrogen and oxygen atoms in total. The Balaban J connectivity index is 2.76. The van der Waals surface area contributed by atoms with Gasteiger partial charge in [-0.1, -0.05) is 26.3 Å². The molecule has 0 aromatic heterocycles. The molecule has 1 aromatic rings. The van der Waals surface area contributed by atoms with Crippen LogP contribution in [-0.2, 0) is 0 Å². The van der Waals surface area contributed by atoms with Gasteiger partial charge < -0.3 is 10.6 Å². The molecule has 20 heavy (non-hydrogen) atoms. The summed E-state index contributed by atoms with van der Waals surface area (Å²) in [6.45, 7) is 7.73. The lowest BCUT2D eigenvalue weighted by molar-refractivity contribution is 0.254. The van der Waals surface area contributed by atoms with Gasteiger partial charge in [-0.2, -0.15) is 0 Å². The Labute approximate surface area is 115 Å². The van der Waals surface area contributed by atoms with Crippen LogP contribution in [-0.4, -0.2) is 6.03 Å². The molecular formula is C14H17F3N2O. The molecule has 0 unspecified atom stereocenters. The normalized spacial score (nSPS) is 12.2. The van der Waals surface area contributed by atoms with Crippen LogP contribution < -0.4 is 10.6 Å². The Morgan fingerprint density at radius 3 is 2.30 bits per heavy atom. The van der Waals surface area contributed by atoms with E-state index >= 15 is 0 Å². The van der Waals surface area contributed by atoms with E-state index in [1.54, 1.807) is 0 Å². The van der Waals surface area contributed by atoms with Gasteiger partial charge in [0.25, 0.3) is 0 Å². The molecule has 0 fully saturated rings. The van der Waals surface area contributed by atoms with Crippen LogP contribution in [0.5, 0.6) is 0 Å². The quantitative estimate of drug-likeness (QED) is 0.787. The van der Waals surface area contributed by atoms with Crippen LogP contribution in [0, 0.1) is 22.9 Å². The van der Waals surface area contributed by atoms with Gasteiger partial charge in [-0.25, -0.2) is 18.0 Å². The van der Waals surface area contributed by atoms with Gasteiger partial charge in [-0.15, -0.1) is 0 Å². The minimum atomic E-state index is -1.62. The number of carbonyl (C=O) groups is 1. The van der Waals surface area contributed by atoms with Gasteiger partial charge in [0.1, 0.15) is 0 Å². The maximum absolute atomic E-state index is 13.3. The first kappa shape index (κ1) is 16.1. The van der Waals surface area contributed by atoms with E-state index in [0.717, 1.165) is 17.7 Å². The summed E-state index contributed by atoms with van der Waals surface area (Å²) in [5.41, 5.74) is 0.349. The number of halogens is 3. The number of rotatable bonds is 2. The molecular weight excluding hydrogens is 269 g/mol. The number of carbonyl (C=O) groups excluding carboxylic acids is 1. The number of allylic oxidation sites excluding steroid dienone is 1. The molecule has 0 heterocycles. The van der Waals surface area contributed by atoms with E-state index in [2.05, 4.69) is 10.6 Å².